The maximum atomic E-state index is 12.9. The highest BCUT2D eigenvalue weighted by Crippen LogP contribution is 2.36. The first-order valence-corrected chi connectivity index (χ1v) is 10.9. The quantitative estimate of drug-likeness (QED) is 0.444. The molecule has 1 atom stereocenters. The third-order valence-corrected chi connectivity index (χ3v) is 6.80. The van der Waals surface area contributed by atoms with E-state index in [9.17, 15) is 4.79 Å². The van der Waals surface area contributed by atoms with Crippen molar-refractivity contribution in [3.8, 4) is 11.5 Å². The number of thioether (sulfide) groups is 1. The molecule has 0 fully saturated rings. The summed E-state index contributed by atoms with van der Waals surface area (Å²) < 4.78 is 13.7. The Bertz CT molecular complexity index is 1120. The number of ether oxygens (including phenoxy) is 2. The predicted octanol–water partition coefficient (Wildman–Crippen LogP) is 4.54. The second kappa shape index (κ2) is 8.14. The molecule has 4 rings (SSSR count). The SMILES string of the molecule is Cc1cc(C(=O)CSc2nnc([C@H]3COc4ccccc4O3)n2C)c(C)c(C)c1C. The van der Waals surface area contributed by atoms with Crippen molar-refractivity contribution in [1.82, 2.24) is 14.8 Å². The zero-order valence-corrected chi connectivity index (χ0v) is 18.7. The minimum absolute atomic E-state index is 0.0967. The summed E-state index contributed by atoms with van der Waals surface area (Å²) in [7, 11) is 1.89. The van der Waals surface area contributed by atoms with Crippen LogP contribution in [-0.2, 0) is 7.05 Å². The van der Waals surface area contributed by atoms with Crippen LogP contribution in [0, 0.1) is 27.7 Å². The van der Waals surface area contributed by atoms with Gasteiger partial charge < -0.3 is 14.0 Å². The van der Waals surface area contributed by atoms with Crippen molar-refractivity contribution in [2.45, 2.75) is 39.0 Å². The van der Waals surface area contributed by atoms with E-state index < -0.39 is 0 Å². The summed E-state index contributed by atoms with van der Waals surface area (Å²) in [4.78, 5) is 12.9. The van der Waals surface area contributed by atoms with Crippen LogP contribution in [0.1, 0.15) is 44.5 Å². The molecule has 0 N–H and O–H groups in total. The largest absolute Gasteiger partial charge is 0.485 e. The maximum Gasteiger partial charge on any atom is 0.192 e. The molecule has 30 heavy (non-hydrogen) atoms. The first-order valence-electron chi connectivity index (χ1n) is 9.88. The van der Waals surface area contributed by atoms with Crippen molar-refractivity contribution in [1.29, 1.82) is 0 Å². The Labute approximate surface area is 180 Å². The third-order valence-electron chi connectivity index (χ3n) is 5.78. The fraction of sp³-hybridized carbons (Fsp3) is 0.348. The van der Waals surface area contributed by atoms with Gasteiger partial charge in [-0.2, -0.15) is 0 Å². The van der Waals surface area contributed by atoms with Crippen LogP contribution in [0.4, 0.5) is 0 Å². The first kappa shape index (κ1) is 20.5. The maximum absolute atomic E-state index is 12.9. The Hall–Kier alpha value is -2.80. The van der Waals surface area contributed by atoms with E-state index in [1.54, 1.807) is 0 Å². The van der Waals surface area contributed by atoms with Gasteiger partial charge in [0.15, 0.2) is 34.4 Å². The first-order chi connectivity index (χ1) is 14.4. The number of benzene rings is 2. The van der Waals surface area contributed by atoms with Crippen LogP contribution >= 0.6 is 11.8 Å². The molecule has 0 saturated carbocycles. The molecule has 0 unspecified atom stereocenters. The number of Topliss-reactive ketones (excluding diaryl/α,β-unsaturated/α-hetero) is 1. The fourth-order valence-corrected chi connectivity index (χ4v) is 4.39. The van der Waals surface area contributed by atoms with E-state index in [1.165, 1.54) is 22.9 Å². The average molecular weight is 424 g/mol. The molecule has 156 valence electrons. The van der Waals surface area contributed by atoms with Gasteiger partial charge in [-0.1, -0.05) is 23.9 Å². The summed E-state index contributed by atoms with van der Waals surface area (Å²) >= 11 is 1.39. The standard InChI is InChI=1S/C23H25N3O3S/c1-13-10-17(16(4)15(3)14(13)2)18(27)12-30-23-25-24-22(26(23)5)21-11-28-19-8-6-7-9-20(19)29-21/h6-10,21H,11-12H2,1-5H3/t21-/m1/s1. The Balaban J connectivity index is 1.47. The molecule has 6 nitrogen and oxygen atoms in total. The van der Waals surface area contributed by atoms with Crippen molar-refractivity contribution in [2.24, 2.45) is 7.05 Å². The highest BCUT2D eigenvalue weighted by molar-refractivity contribution is 7.99. The Morgan fingerprint density at radius 1 is 1.10 bits per heavy atom. The van der Waals surface area contributed by atoms with Gasteiger partial charge in [-0.15, -0.1) is 10.2 Å². The minimum Gasteiger partial charge on any atom is -0.485 e. The number of hydrogen-bond donors (Lipinski definition) is 0. The summed E-state index contributed by atoms with van der Waals surface area (Å²) in [6, 6.07) is 9.57. The molecule has 0 radical (unpaired) electrons. The van der Waals surface area contributed by atoms with Crippen LogP contribution in [0.3, 0.4) is 0 Å². The normalized spacial score (nSPS) is 15.3. The zero-order chi connectivity index (χ0) is 21.4. The van der Waals surface area contributed by atoms with Gasteiger partial charge in [0.2, 0.25) is 0 Å². The van der Waals surface area contributed by atoms with Crippen LogP contribution in [-0.4, -0.2) is 32.9 Å². The van der Waals surface area contributed by atoms with Gasteiger partial charge in [0, 0.05) is 12.6 Å². The van der Waals surface area contributed by atoms with Crippen LogP contribution in [0.2, 0.25) is 0 Å². The molecule has 1 aliphatic rings. The molecule has 0 bridgehead atoms. The fourth-order valence-electron chi connectivity index (χ4n) is 3.59. The Morgan fingerprint density at radius 2 is 1.83 bits per heavy atom. The number of nitrogens with zero attached hydrogens (tertiary/aromatic N) is 3. The Morgan fingerprint density at radius 3 is 2.60 bits per heavy atom. The molecule has 1 aliphatic heterocycles. The number of carbonyl (C=O) groups excluding carboxylic acids is 1. The van der Waals surface area contributed by atoms with Crippen LogP contribution in [0.5, 0.6) is 11.5 Å². The molecule has 1 aromatic heterocycles. The predicted molar refractivity (Wildman–Crippen MR) is 117 cm³/mol. The number of para-hydroxylation sites is 2. The highest BCUT2D eigenvalue weighted by atomic mass is 32.2. The molecule has 0 saturated heterocycles. The number of rotatable bonds is 5. The summed E-state index contributed by atoms with van der Waals surface area (Å²) in [5, 5.41) is 9.25. The number of aromatic nitrogens is 3. The molecule has 2 heterocycles. The number of aryl methyl sites for hydroxylation is 1. The molecular weight excluding hydrogens is 398 g/mol. The van der Waals surface area contributed by atoms with E-state index in [4.69, 9.17) is 9.47 Å². The third kappa shape index (κ3) is 3.69. The van der Waals surface area contributed by atoms with E-state index in [2.05, 4.69) is 24.0 Å². The molecule has 3 aromatic rings. The highest BCUT2D eigenvalue weighted by Gasteiger charge is 2.27. The second-order valence-corrected chi connectivity index (χ2v) is 8.53. The summed E-state index contributed by atoms with van der Waals surface area (Å²) in [6.07, 6.45) is -0.341. The lowest BCUT2D eigenvalue weighted by Crippen LogP contribution is -2.24. The molecule has 0 aliphatic carbocycles. The number of hydrogen-bond acceptors (Lipinski definition) is 6. The smallest absolute Gasteiger partial charge is 0.192 e. The topological polar surface area (TPSA) is 66.2 Å². The van der Waals surface area contributed by atoms with E-state index in [0.29, 0.717) is 29.1 Å². The molecule has 0 amide bonds. The van der Waals surface area contributed by atoms with Gasteiger partial charge in [0.05, 0.1) is 5.75 Å². The van der Waals surface area contributed by atoms with Gasteiger partial charge in [0.25, 0.3) is 0 Å². The molecule has 0 spiro atoms. The van der Waals surface area contributed by atoms with Crippen molar-refractivity contribution < 1.29 is 14.3 Å². The van der Waals surface area contributed by atoms with Crippen LogP contribution in [0.25, 0.3) is 0 Å². The van der Waals surface area contributed by atoms with Gasteiger partial charge in [-0.05, 0) is 68.1 Å². The van der Waals surface area contributed by atoms with Gasteiger partial charge >= 0.3 is 0 Å². The second-order valence-electron chi connectivity index (χ2n) is 7.59. The van der Waals surface area contributed by atoms with Gasteiger partial charge in [-0.25, -0.2) is 0 Å². The average Bonchev–Trinajstić information content (AvgIpc) is 3.13. The van der Waals surface area contributed by atoms with E-state index >= 15 is 0 Å². The molecule has 2 aromatic carbocycles. The lowest BCUT2D eigenvalue weighted by molar-refractivity contribution is 0.0825. The van der Waals surface area contributed by atoms with Crippen LogP contribution < -0.4 is 9.47 Å². The van der Waals surface area contributed by atoms with Crippen molar-refractivity contribution >= 4 is 17.5 Å². The number of carbonyl (C=O) groups is 1. The van der Waals surface area contributed by atoms with E-state index in [0.717, 1.165) is 22.4 Å². The minimum atomic E-state index is -0.341. The van der Waals surface area contributed by atoms with Gasteiger partial charge in [-0.3, -0.25) is 4.79 Å². The summed E-state index contributed by atoms with van der Waals surface area (Å²) in [6.45, 7) is 8.59. The monoisotopic (exact) mass is 423 g/mol. The van der Waals surface area contributed by atoms with Gasteiger partial charge in [0.1, 0.15) is 6.61 Å². The Kier molecular flexibility index (Phi) is 5.56. The lowest BCUT2D eigenvalue weighted by Gasteiger charge is -2.25. The summed E-state index contributed by atoms with van der Waals surface area (Å²) in [5.41, 5.74) is 5.40. The molecular formula is C23H25N3O3S. The lowest BCUT2D eigenvalue weighted by atomic mass is 9.93. The van der Waals surface area contributed by atoms with Crippen molar-refractivity contribution in [3.63, 3.8) is 0 Å². The van der Waals surface area contributed by atoms with Crippen molar-refractivity contribution in [2.75, 3.05) is 12.4 Å². The van der Waals surface area contributed by atoms with Crippen LogP contribution in [0.15, 0.2) is 35.5 Å². The van der Waals surface area contributed by atoms with Crippen molar-refractivity contribution in [3.05, 3.63) is 64.0 Å². The van der Waals surface area contributed by atoms with E-state index in [-0.39, 0.29) is 11.9 Å². The zero-order valence-electron chi connectivity index (χ0n) is 17.9. The number of fused-ring (bicyclic) bond motifs is 1. The summed E-state index contributed by atoms with van der Waals surface area (Å²) in [5.74, 6) is 2.51. The van der Waals surface area contributed by atoms with E-state index in [1.807, 2.05) is 55.8 Å². The number of ketones is 1. The molecule has 7 heteroatoms.